The van der Waals surface area contributed by atoms with Gasteiger partial charge in [-0.15, -0.1) is 24.0 Å². The zero-order valence-corrected chi connectivity index (χ0v) is 18.6. The van der Waals surface area contributed by atoms with Gasteiger partial charge >= 0.3 is 0 Å². The molecular weight excluding hydrogens is 458 g/mol. The SMILES string of the molecule is CCNC(=NCc1ccc(N(C)C)c(F)c1)NCc1ccc(OC)cc1.I. The lowest BCUT2D eigenvalue weighted by molar-refractivity contribution is 0.414. The number of ether oxygens (including phenoxy) is 1. The van der Waals surface area contributed by atoms with Gasteiger partial charge in [-0.05, 0) is 42.3 Å². The maximum absolute atomic E-state index is 14.1. The first-order valence-corrected chi connectivity index (χ1v) is 8.64. The second kappa shape index (κ2) is 11.6. The summed E-state index contributed by atoms with van der Waals surface area (Å²) in [6, 6.07) is 13.1. The van der Waals surface area contributed by atoms with E-state index in [4.69, 9.17) is 4.74 Å². The van der Waals surface area contributed by atoms with Gasteiger partial charge in [0, 0.05) is 27.2 Å². The molecule has 0 fully saturated rings. The van der Waals surface area contributed by atoms with Crippen LogP contribution in [0.25, 0.3) is 0 Å². The molecule has 0 amide bonds. The standard InChI is InChI=1S/C20H27FN4O.HI/c1-5-22-20(23-13-15-6-9-17(26-4)10-7-15)24-14-16-8-11-19(25(2)3)18(21)12-16;/h6-12H,5,13-14H2,1-4H3,(H2,22,23,24);1H. The van der Waals surface area contributed by atoms with E-state index in [0.29, 0.717) is 24.7 Å². The highest BCUT2D eigenvalue weighted by Gasteiger charge is 2.05. The van der Waals surface area contributed by atoms with Crippen LogP contribution in [0.15, 0.2) is 47.5 Å². The van der Waals surface area contributed by atoms with Crippen molar-refractivity contribution >= 4 is 35.6 Å². The zero-order valence-electron chi connectivity index (χ0n) is 16.3. The lowest BCUT2D eigenvalue weighted by atomic mass is 10.2. The van der Waals surface area contributed by atoms with Crippen LogP contribution >= 0.6 is 24.0 Å². The van der Waals surface area contributed by atoms with E-state index < -0.39 is 0 Å². The molecule has 27 heavy (non-hydrogen) atoms. The van der Waals surface area contributed by atoms with Crippen LogP contribution in [0.1, 0.15) is 18.1 Å². The third-order valence-electron chi connectivity index (χ3n) is 3.88. The molecule has 7 heteroatoms. The summed E-state index contributed by atoms with van der Waals surface area (Å²) in [5.74, 6) is 1.29. The van der Waals surface area contributed by atoms with E-state index in [1.807, 2.05) is 51.4 Å². The van der Waals surface area contributed by atoms with Gasteiger partial charge in [-0.2, -0.15) is 0 Å². The van der Waals surface area contributed by atoms with Crippen LogP contribution in [0.3, 0.4) is 0 Å². The Labute approximate surface area is 178 Å². The Balaban J connectivity index is 0.00000364. The first kappa shape index (κ1) is 23.0. The van der Waals surface area contributed by atoms with Crippen molar-refractivity contribution in [1.29, 1.82) is 0 Å². The molecule has 0 aliphatic heterocycles. The van der Waals surface area contributed by atoms with Crippen molar-refractivity contribution in [3.8, 4) is 5.75 Å². The molecule has 0 atom stereocenters. The minimum absolute atomic E-state index is 0. The maximum Gasteiger partial charge on any atom is 0.191 e. The van der Waals surface area contributed by atoms with E-state index in [1.165, 1.54) is 6.07 Å². The summed E-state index contributed by atoms with van der Waals surface area (Å²) in [5.41, 5.74) is 2.52. The lowest BCUT2D eigenvalue weighted by Gasteiger charge is -2.14. The molecule has 0 saturated heterocycles. The van der Waals surface area contributed by atoms with E-state index in [9.17, 15) is 4.39 Å². The van der Waals surface area contributed by atoms with E-state index in [1.54, 1.807) is 18.1 Å². The molecule has 0 bridgehead atoms. The van der Waals surface area contributed by atoms with Gasteiger partial charge in [0.2, 0.25) is 0 Å². The quantitative estimate of drug-likeness (QED) is 0.356. The van der Waals surface area contributed by atoms with Crippen LogP contribution < -0.4 is 20.3 Å². The van der Waals surface area contributed by atoms with Gasteiger partial charge in [0.25, 0.3) is 0 Å². The number of methoxy groups -OCH3 is 1. The monoisotopic (exact) mass is 486 g/mol. The molecule has 0 unspecified atom stereocenters. The summed E-state index contributed by atoms with van der Waals surface area (Å²) in [4.78, 5) is 6.29. The van der Waals surface area contributed by atoms with E-state index in [-0.39, 0.29) is 29.8 Å². The highest BCUT2D eigenvalue weighted by Crippen LogP contribution is 2.18. The second-order valence-corrected chi connectivity index (χ2v) is 6.08. The highest BCUT2D eigenvalue weighted by molar-refractivity contribution is 14.0. The smallest absolute Gasteiger partial charge is 0.191 e. The second-order valence-electron chi connectivity index (χ2n) is 6.08. The number of hydrogen-bond acceptors (Lipinski definition) is 3. The number of hydrogen-bond donors (Lipinski definition) is 2. The molecule has 0 spiro atoms. The zero-order chi connectivity index (χ0) is 18.9. The number of anilines is 1. The Kier molecular flexibility index (Phi) is 9.92. The summed E-state index contributed by atoms with van der Waals surface area (Å²) < 4.78 is 19.2. The largest absolute Gasteiger partial charge is 0.497 e. The average Bonchev–Trinajstić information content (AvgIpc) is 2.64. The number of nitrogens with zero attached hydrogens (tertiary/aromatic N) is 2. The number of halogens is 2. The van der Waals surface area contributed by atoms with Gasteiger partial charge in [-0.1, -0.05) is 18.2 Å². The van der Waals surface area contributed by atoms with Crippen molar-refractivity contribution in [3.05, 3.63) is 59.4 Å². The molecule has 0 heterocycles. The third-order valence-corrected chi connectivity index (χ3v) is 3.88. The minimum atomic E-state index is -0.237. The fourth-order valence-electron chi connectivity index (χ4n) is 2.45. The Morgan fingerprint density at radius 2 is 1.74 bits per heavy atom. The average molecular weight is 486 g/mol. The van der Waals surface area contributed by atoms with Gasteiger partial charge in [0.05, 0.1) is 19.3 Å². The molecule has 148 valence electrons. The van der Waals surface area contributed by atoms with E-state index in [0.717, 1.165) is 23.4 Å². The van der Waals surface area contributed by atoms with Gasteiger partial charge in [-0.3, -0.25) is 0 Å². The molecule has 2 N–H and O–H groups in total. The first-order chi connectivity index (χ1) is 12.5. The molecule has 2 rings (SSSR count). The number of rotatable bonds is 7. The van der Waals surface area contributed by atoms with Crippen molar-refractivity contribution in [1.82, 2.24) is 10.6 Å². The number of benzene rings is 2. The lowest BCUT2D eigenvalue weighted by Crippen LogP contribution is -2.36. The van der Waals surface area contributed by atoms with Crippen LogP contribution in [0, 0.1) is 5.82 Å². The molecule has 0 aliphatic rings. The van der Waals surface area contributed by atoms with E-state index in [2.05, 4.69) is 15.6 Å². The highest BCUT2D eigenvalue weighted by atomic mass is 127. The minimum Gasteiger partial charge on any atom is -0.497 e. The number of nitrogens with one attached hydrogen (secondary N) is 2. The summed E-state index contributed by atoms with van der Waals surface area (Å²) in [6.45, 7) is 3.81. The number of aliphatic imine (C=N–C) groups is 1. The van der Waals surface area contributed by atoms with Gasteiger partial charge in [-0.25, -0.2) is 9.38 Å². The number of guanidine groups is 1. The molecule has 0 radical (unpaired) electrons. The fraction of sp³-hybridized carbons (Fsp3) is 0.350. The Bertz CT molecular complexity index is 735. The summed E-state index contributed by atoms with van der Waals surface area (Å²) in [5, 5.41) is 6.49. The van der Waals surface area contributed by atoms with Gasteiger partial charge < -0.3 is 20.3 Å². The van der Waals surface area contributed by atoms with Crippen LogP contribution in [0.5, 0.6) is 5.75 Å². The molecule has 0 saturated carbocycles. The maximum atomic E-state index is 14.1. The fourth-order valence-corrected chi connectivity index (χ4v) is 2.45. The van der Waals surface area contributed by atoms with Gasteiger partial charge in [0.1, 0.15) is 11.6 Å². The van der Waals surface area contributed by atoms with Crippen LogP contribution in [0.2, 0.25) is 0 Å². The molecule has 2 aromatic carbocycles. The van der Waals surface area contributed by atoms with E-state index >= 15 is 0 Å². The third kappa shape index (κ3) is 7.24. The predicted octanol–water partition coefficient (Wildman–Crippen LogP) is 3.77. The van der Waals surface area contributed by atoms with Crippen molar-refractivity contribution in [2.75, 3.05) is 32.6 Å². The van der Waals surface area contributed by atoms with Crippen molar-refractivity contribution < 1.29 is 9.13 Å². The molecule has 0 aromatic heterocycles. The van der Waals surface area contributed by atoms with Gasteiger partial charge in [0.15, 0.2) is 5.96 Å². The Morgan fingerprint density at radius 1 is 1.07 bits per heavy atom. The van der Waals surface area contributed by atoms with Crippen LogP contribution in [0.4, 0.5) is 10.1 Å². The summed E-state index contributed by atoms with van der Waals surface area (Å²) >= 11 is 0. The van der Waals surface area contributed by atoms with Crippen LogP contribution in [-0.4, -0.2) is 33.7 Å². The van der Waals surface area contributed by atoms with Crippen molar-refractivity contribution in [2.45, 2.75) is 20.0 Å². The summed E-state index contributed by atoms with van der Waals surface area (Å²) in [6.07, 6.45) is 0. The van der Waals surface area contributed by atoms with Crippen molar-refractivity contribution in [3.63, 3.8) is 0 Å². The van der Waals surface area contributed by atoms with Crippen molar-refractivity contribution in [2.24, 2.45) is 4.99 Å². The predicted molar refractivity (Wildman–Crippen MR) is 121 cm³/mol. The molecule has 0 aliphatic carbocycles. The Morgan fingerprint density at radius 3 is 2.30 bits per heavy atom. The Hall–Kier alpha value is -2.03. The molecular formula is C20H28FIN4O. The van der Waals surface area contributed by atoms with Crippen LogP contribution in [-0.2, 0) is 13.1 Å². The molecule has 2 aromatic rings. The normalized spacial score (nSPS) is 10.8. The molecule has 5 nitrogen and oxygen atoms in total. The first-order valence-electron chi connectivity index (χ1n) is 8.64. The topological polar surface area (TPSA) is 48.9 Å². The summed E-state index contributed by atoms with van der Waals surface area (Å²) in [7, 11) is 5.29.